The summed E-state index contributed by atoms with van der Waals surface area (Å²) in [4.78, 5) is 12.4. The number of amides is 1. The summed E-state index contributed by atoms with van der Waals surface area (Å²) in [5, 5.41) is 11.6. The second kappa shape index (κ2) is 7.19. The summed E-state index contributed by atoms with van der Waals surface area (Å²) >= 11 is 1.45. The number of benzene rings is 1. The van der Waals surface area contributed by atoms with Crippen molar-refractivity contribution >= 4 is 17.7 Å². The van der Waals surface area contributed by atoms with Crippen LogP contribution in [0, 0.1) is 0 Å². The number of rotatable bonds is 6. The van der Waals surface area contributed by atoms with E-state index in [1.54, 1.807) is 14.0 Å². The van der Waals surface area contributed by atoms with Gasteiger partial charge in [-0.1, -0.05) is 0 Å². The van der Waals surface area contributed by atoms with E-state index in [2.05, 4.69) is 5.32 Å². The molecule has 1 unspecified atom stereocenters. The van der Waals surface area contributed by atoms with Gasteiger partial charge in [-0.15, -0.1) is 11.8 Å². The van der Waals surface area contributed by atoms with Gasteiger partial charge in [0.1, 0.15) is 5.75 Å². The minimum Gasteiger partial charge on any atom is -0.497 e. The minimum absolute atomic E-state index is 0.0771. The summed E-state index contributed by atoms with van der Waals surface area (Å²) in [7, 11) is 1.62. The van der Waals surface area contributed by atoms with Crippen molar-refractivity contribution < 1.29 is 14.6 Å². The molecule has 17 heavy (non-hydrogen) atoms. The van der Waals surface area contributed by atoms with Crippen molar-refractivity contribution in [3.05, 3.63) is 24.3 Å². The average molecular weight is 255 g/mol. The number of carbonyl (C=O) groups excluding carboxylic acids is 1. The number of methoxy groups -OCH3 is 1. The summed E-state index contributed by atoms with van der Waals surface area (Å²) in [5.74, 6) is 1.07. The Balaban J connectivity index is 2.31. The molecule has 94 valence electrons. The Bertz CT molecular complexity index is 351. The number of carbonyl (C=O) groups is 1. The van der Waals surface area contributed by atoms with Gasteiger partial charge in [-0.05, 0) is 31.2 Å². The van der Waals surface area contributed by atoms with Crippen LogP contribution in [-0.4, -0.2) is 36.5 Å². The van der Waals surface area contributed by atoms with Gasteiger partial charge in [-0.2, -0.15) is 0 Å². The van der Waals surface area contributed by atoms with Gasteiger partial charge in [-0.3, -0.25) is 4.79 Å². The summed E-state index contributed by atoms with van der Waals surface area (Å²) in [6.45, 7) is 1.93. The maximum atomic E-state index is 11.4. The molecule has 0 aromatic heterocycles. The van der Waals surface area contributed by atoms with E-state index in [0.29, 0.717) is 12.3 Å². The van der Waals surface area contributed by atoms with Crippen molar-refractivity contribution in [2.75, 3.05) is 19.4 Å². The Labute approximate surface area is 105 Å². The first-order valence-corrected chi connectivity index (χ1v) is 6.32. The standard InChI is InChI=1S/C12H17NO3S/c1-9(14)7-13-12(15)8-17-11-5-3-10(16-2)4-6-11/h3-6,9,14H,7-8H2,1-2H3,(H,13,15). The first-order valence-electron chi connectivity index (χ1n) is 5.33. The second-order valence-electron chi connectivity index (χ2n) is 3.62. The lowest BCUT2D eigenvalue weighted by molar-refractivity contribution is -0.118. The predicted molar refractivity (Wildman–Crippen MR) is 68.4 cm³/mol. The third-order valence-electron chi connectivity index (χ3n) is 2.02. The monoisotopic (exact) mass is 255 g/mol. The van der Waals surface area contributed by atoms with Crippen molar-refractivity contribution in [1.82, 2.24) is 5.32 Å². The van der Waals surface area contributed by atoms with Gasteiger partial charge in [-0.25, -0.2) is 0 Å². The van der Waals surface area contributed by atoms with E-state index in [0.717, 1.165) is 10.6 Å². The zero-order chi connectivity index (χ0) is 12.7. The van der Waals surface area contributed by atoms with Crippen molar-refractivity contribution in [3.63, 3.8) is 0 Å². The van der Waals surface area contributed by atoms with Crippen LogP contribution < -0.4 is 10.1 Å². The highest BCUT2D eigenvalue weighted by Crippen LogP contribution is 2.20. The molecule has 0 saturated carbocycles. The lowest BCUT2D eigenvalue weighted by Gasteiger charge is -2.07. The van der Waals surface area contributed by atoms with Gasteiger partial charge in [0.05, 0.1) is 19.0 Å². The molecule has 0 fully saturated rings. The van der Waals surface area contributed by atoms with E-state index >= 15 is 0 Å². The topological polar surface area (TPSA) is 58.6 Å². The smallest absolute Gasteiger partial charge is 0.230 e. The van der Waals surface area contributed by atoms with Crippen molar-refractivity contribution in [1.29, 1.82) is 0 Å². The van der Waals surface area contributed by atoms with Crippen LogP contribution in [0.5, 0.6) is 5.75 Å². The fourth-order valence-corrected chi connectivity index (χ4v) is 1.86. The zero-order valence-electron chi connectivity index (χ0n) is 9.97. The molecular weight excluding hydrogens is 238 g/mol. The average Bonchev–Trinajstić information content (AvgIpc) is 2.34. The van der Waals surface area contributed by atoms with Crippen LogP contribution in [0.25, 0.3) is 0 Å². The lowest BCUT2D eigenvalue weighted by atomic mass is 10.3. The molecular formula is C12H17NO3S. The van der Waals surface area contributed by atoms with Gasteiger partial charge in [0, 0.05) is 11.4 Å². The Morgan fingerprint density at radius 2 is 2.12 bits per heavy atom. The van der Waals surface area contributed by atoms with Gasteiger partial charge >= 0.3 is 0 Å². The fourth-order valence-electron chi connectivity index (χ4n) is 1.13. The number of aliphatic hydroxyl groups is 1. The normalized spacial score (nSPS) is 11.9. The van der Waals surface area contributed by atoms with Crippen molar-refractivity contribution in [2.24, 2.45) is 0 Å². The molecule has 1 aromatic carbocycles. The molecule has 1 rings (SSSR count). The molecule has 0 aliphatic carbocycles. The summed E-state index contributed by atoms with van der Waals surface area (Å²) < 4.78 is 5.04. The molecule has 0 radical (unpaired) electrons. The predicted octanol–water partition coefficient (Wildman–Crippen LogP) is 1.28. The van der Waals surface area contributed by atoms with Crippen LogP contribution >= 0.6 is 11.8 Å². The molecule has 0 bridgehead atoms. The SMILES string of the molecule is COc1ccc(SCC(=O)NCC(C)O)cc1. The highest BCUT2D eigenvalue weighted by atomic mass is 32.2. The molecule has 5 heteroatoms. The Hall–Kier alpha value is -1.20. The number of aliphatic hydroxyl groups excluding tert-OH is 1. The second-order valence-corrected chi connectivity index (χ2v) is 4.67. The number of nitrogens with one attached hydrogen (secondary N) is 1. The largest absolute Gasteiger partial charge is 0.497 e. The molecule has 1 aromatic rings. The molecule has 0 saturated heterocycles. The van der Waals surface area contributed by atoms with E-state index in [1.807, 2.05) is 24.3 Å². The number of thioether (sulfide) groups is 1. The first kappa shape index (κ1) is 13.9. The number of hydrogen-bond donors (Lipinski definition) is 2. The number of hydrogen-bond acceptors (Lipinski definition) is 4. The number of ether oxygens (including phenoxy) is 1. The molecule has 4 nitrogen and oxygen atoms in total. The van der Waals surface area contributed by atoms with Crippen LogP contribution in [0.15, 0.2) is 29.2 Å². The van der Waals surface area contributed by atoms with E-state index in [4.69, 9.17) is 9.84 Å². The zero-order valence-corrected chi connectivity index (χ0v) is 10.8. The molecule has 0 heterocycles. The van der Waals surface area contributed by atoms with Crippen molar-refractivity contribution in [2.45, 2.75) is 17.9 Å². The highest BCUT2D eigenvalue weighted by molar-refractivity contribution is 8.00. The van der Waals surface area contributed by atoms with Crippen LogP contribution in [0.4, 0.5) is 0 Å². The Kier molecular flexibility index (Phi) is 5.86. The molecule has 1 atom stereocenters. The lowest BCUT2D eigenvalue weighted by Crippen LogP contribution is -2.31. The van der Waals surface area contributed by atoms with E-state index < -0.39 is 6.10 Å². The quantitative estimate of drug-likeness (QED) is 0.752. The minimum atomic E-state index is -0.509. The molecule has 0 spiro atoms. The third kappa shape index (κ3) is 5.60. The molecule has 0 aliphatic rings. The van der Waals surface area contributed by atoms with Crippen LogP contribution in [0.2, 0.25) is 0 Å². The Morgan fingerprint density at radius 3 is 2.65 bits per heavy atom. The van der Waals surface area contributed by atoms with Gasteiger partial charge in [0.2, 0.25) is 5.91 Å². The van der Waals surface area contributed by atoms with Crippen LogP contribution in [0.3, 0.4) is 0 Å². The van der Waals surface area contributed by atoms with E-state index in [-0.39, 0.29) is 5.91 Å². The fraction of sp³-hybridized carbons (Fsp3) is 0.417. The molecule has 2 N–H and O–H groups in total. The Morgan fingerprint density at radius 1 is 1.47 bits per heavy atom. The molecule has 1 amide bonds. The summed E-state index contributed by atoms with van der Waals surface area (Å²) in [6.07, 6.45) is -0.509. The van der Waals surface area contributed by atoms with Crippen LogP contribution in [0.1, 0.15) is 6.92 Å². The van der Waals surface area contributed by atoms with Gasteiger partial charge < -0.3 is 15.2 Å². The highest BCUT2D eigenvalue weighted by Gasteiger charge is 2.04. The van der Waals surface area contributed by atoms with E-state index in [1.165, 1.54) is 11.8 Å². The van der Waals surface area contributed by atoms with Gasteiger partial charge in [0.15, 0.2) is 0 Å². The third-order valence-corrected chi connectivity index (χ3v) is 3.04. The summed E-state index contributed by atoms with van der Waals surface area (Å²) in [5.41, 5.74) is 0. The summed E-state index contributed by atoms with van der Waals surface area (Å²) in [6, 6.07) is 7.53. The van der Waals surface area contributed by atoms with Crippen LogP contribution in [-0.2, 0) is 4.79 Å². The molecule has 0 aliphatic heterocycles. The maximum absolute atomic E-state index is 11.4. The van der Waals surface area contributed by atoms with Gasteiger partial charge in [0.25, 0.3) is 0 Å². The van der Waals surface area contributed by atoms with Crippen molar-refractivity contribution in [3.8, 4) is 5.75 Å². The maximum Gasteiger partial charge on any atom is 0.230 e. The van der Waals surface area contributed by atoms with E-state index in [9.17, 15) is 4.79 Å². The first-order chi connectivity index (χ1) is 8.11.